The van der Waals surface area contributed by atoms with Crippen LogP contribution in [0.3, 0.4) is 0 Å². The van der Waals surface area contributed by atoms with Gasteiger partial charge in [0, 0.05) is 5.56 Å². The first kappa shape index (κ1) is 18.4. The van der Waals surface area contributed by atoms with E-state index in [1.54, 1.807) is 20.8 Å². The van der Waals surface area contributed by atoms with Gasteiger partial charge in [-0.2, -0.15) is 13.2 Å². The number of hydrogen-bond donors (Lipinski definition) is 1. The van der Waals surface area contributed by atoms with Gasteiger partial charge in [0.25, 0.3) is 0 Å². The maximum Gasteiger partial charge on any atom is 0.434 e. The van der Waals surface area contributed by atoms with Gasteiger partial charge in [0.05, 0.1) is 5.33 Å². The number of nitrogens with one attached hydrogen (secondary N) is 1. The van der Waals surface area contributed by atoms with Gasteiger partial charge in [0.2, 0.25) is 0 Å². The van der Waals surface area contributed by atoms with Crippen molar-refractivity contribution >= 4 is 33.6 Å². The molecule has 0 unspecified atom stereocenters. The number of pyridine rings is 1. The lowest BCUT2D eigenvalue weighted by molar-refractivity contribution is -0.141. The number of Topliss-reactive ketones (excluding diaryl/α,β-unsaturated/α-hetero) is 1. The Kier molecular flexibility index (Phi) is 5.55. The van der Waals surface area contributed by atoms with Gasteiger partial charge >= 0.3 is 12.3 Å². The molecule has 1 amide bonds. The molecule has 0 aliphatic heterocycles. The molecule has 1 N–H and O–H groups in total. The number of anilines is 1. The van der Waals surface area contributed by atoms with Gasteiger partial charge in [-0.05, 0) is 32.9 Å². The standard InChI is InChI=1S/C13H14BrF3N2O3/c1-12(2,3)22-11(21)19-9-5-4-7(8(20)6-14)10(18-9)13(15,16)17/h4-5H,6H2,1-3H3,(H,18,19,21). The summed E-state index contributed by atoms with van der Waals surface area (Å²) in [5, 5.41) is 1.83. The fraction of sp³-hybridized carbons (Fsp3) is 0.462. The van der Waals surface area contributed by atoms with Crippen molar-refractivity contribution in [3.8, 4) is 0 Å². The highest BCUT2D eigenvalue weighted by atomic mass is 79.9. The third kappa shape index (κ3) is 5.28. The Morgan fingerprint density at radius 3 is 2.32 bits per heavy atom. The Hall–Kier alpha value is -1.64. The van der Waals surface area contributed by atoms with Crippen LogP contribution in [0.2, 0.25) is 0 Å². The SMILES string of the molecule is CC(C)(C)OC(=O)Nc1ccc(C(=O)CBr)c(C(F)(F)F)n1. The van der Waals surface area contributed by atoms with Crippen molar-refractivity contribution in [1.29, 1.82) is 0 Å². The van der Waals surface area contributed by atoms with Crippen LogP contribution >= 0.6 is 15.9 Å². The van der Waals surface area contributed by atoms with Gasteiger partial charge in [-0.15, -0.1) is 0 Å². The number of aromatic nitrogens is 1. The third-order valence-corrected chi connectivity index (χ3v) is 2.72. The van der Waals surface area contributed by atoms with E-state index in [0.717, 1.165) is 12.1 Å². The summed E-state index contributed by atoms with van der Waals surface area (Å²) < 4.78 is 43.8. The van der Waals surface area contributed by atoms with Crippen molar-refractivity contribution in [2.24, 2.45) is 0 Å². The van der Waals surface area contributed by atoms with E-state index >= 15 is 0 Å². The molecule has 122 valence electrons. The molecule has 0 radical (unpaired) electrons. The highest BCUT2D eigenvalue weighted by Gasteiger charge is 2.37. The monoisotopic (exact) mass is 382 g/mol. The van der Waals surface area contributed by atoms with Crippen molar-refractivity contribution in [2.75, 3.05) is 10.6 Å². The normalized spacial score (nSPS) is 12.0. The lowest BCUT2D eigenvalue weighted by Crippen LogP contribution is -2.28. The van der Waals surface area contributed by atoms with Crippen LogP contribution in [-0.2, 0) is 10.9 Å². The minimum absolute atomic E-state index is 0.267. The molecule has 0 aliphatic carbocycles. The minimum Gasteiger partial charge on any atom is -0.444 e. The van der Waals surface area contributed by atoms with E-state index in [9.17, 15) is 22.8 Å². The molecule has 1 heterocycles. The number of nitrogens with zero attached hydrogens (tertiary/aromatic N) is 1. The van der Waals surface area contributed by atoms with Crippen LogP contribution in [-0.4, -0.2) is 27.8 Å². The summed E-state index contributed by atoms with van der Waals surface area (Å²) in [5.41, 5.74) is -2.73. The molecule has 0 bridgehead atoms. The van der Waals surface area contributed by atoms with Crippen molar-refractivity contribution in [3.05, 3.63) is 23.4 Å². The Bertz CT molecular complexity index is 583. The zero-order valence-corrected chi connectivity index (χ0v) is 13.6. The number of rotatable bonds is 3. The van der Waals surface area contributed by atoms with Crippen LogP contribution in [0.4, 0.5) is 23.8 Å². The van der Waals surface area contributed by atoms with Crippen LogP contribution < -0.4 is 5.32 Å². The number of amides is 1. The van der Waals surface area contributed by atoms with E-state index < -0.39 is 34.9 Å². The smallest absolute Gasteiger partial charge is 0.434 e. The van der Waals surface area contributed by atoms with Crippen LogP contribution in [0.25, 0.3) is 0 Å². The first-order valence-electron chi connectivity index (χ1n) is 6.11. The molecule has 0 saturated carbocycles. The molecule has 0 saturated heterocycles. The topological polar surface area (TPSA) is 68.3 Å². The van der Waals surface area contributed by atoms with Crippen molar-refractivity contribution in [1.82, 2.24) is 4.98 Å². The van der Waals surface area contributed by atoms with Crippen molar-refractivity contribution < 1.29 is 27.5 Å². The molecule has 1 aromatic heterocycles. The molecule has 22 heavy (non-hydrogen) atoms. The van der Waals surface area contributed by atoms with E-state index in [1.165, 1.54) is 0 Å². The highest BCUT2D eigenvalue weighted by Crippen LogP contribution is 2.32. The third-order valence-electron chi connectivity index (χ3n) is 2.21. The van der Waals surface area contributed by atoms with E-state index in [-0.39, 0.29) is 11.1 Å². The molecule has 1 aromatic rings. The lowest BCUT2D eigenvalue weighted by Gasteiger charge is -2.20. The number of alkyl halides is 4. The summed E-state index contributed by atoms with van der Waals surface area (Å²) in [4.78, 5) is 26.3. The Balaban J connectivity index is 3.10. The average molecular weight is 383 g/mol. The molecule has 0 atom stereocenters. The average Bonchev–Trinajstić information content (AvgIpc) is 2.34. The first-order valence-corrected chi connectivity index (χ1v) is 7.23. The maximum absolute atomic E-state index is 13.0. The summed E-state index contributed by atoms with van der Waals surface area (Å²) in [6, 6.07) is 2.07. The Morgan fingerprint density at radius 2 is 1.86 bits per heavy atom. The van der Waals surface area contributed by atoms with Crippen LogP contribution in [0.15, 0.2) is 12.1 Å². The molecule has 0 spiro atoms. The summed E-state index contributed by atoms with van der Waals surface area (Å²) in [6.07, 6.45) is -5.76. The van der Waals surface area contributed by atoms with Crippen LogP contribution in [0, 0.1) is 0 Å². The largest absolute Gasteiger partial charge is 0.444 e. The van der Waals surface area contributed by atoms with Gasteiger partial charge < -0.3 is 4.74 Å². The predicted molar refractivity (Wildman–Crippen MR) is 77.2 cm³/mol. The molecule has 0 fully saturated rings. The van der Waals surface area contributed by atoms with Gasteiger partial charge in [-0.3, -0.25) is 10.1 Å². The zero-order valence-electron chi connectivity index (χ0n) is 12.0. The van der Waals surface area contributed by atoms with Crippen molar-refractivity contribution in [3.63, 3.8) is 0 Å². The number of carbonyl (C=O) groups is 2. The Morgan fingerprint density at radius 1 is 1.27 bits per heavy atom. The number of ketones is 1. The first-order chi connectivity index (χ1) is 9.94. The van der Waals surface area contributed by atoms with Gasteiger partial charge in [0.15, 0.2) is 11.5 Å². The fourth-order valence-corrected chi connectivity index (χ4v) is 1.75. The molecule has 0 aromatic carbocycles. The maximum atomic E-state index is 13.0. The second-order valence-corrected chi connectivity index (χ2v) is 5.83. The number of hydrogen-bond acceptors (Lipinski definition) is 4. The van der Waals surface area contributed by atoms with E-state index in [1.807, 2.05) is 0 Å². The van der Waals surface area contributed by atoms with Gasteiger partial charge in [-0.25, -0.2) is 9.78 Å². The van der Waals surface area contributed by atoms with E-state index in [0.29, 0.717) is 0 Å². The van der Waals surface area contributed by atoms with Crippen LogP contribution in [0.5, 0.6) is 0 Å². The van der Waals surface area contributed by atoms with Crippen LogP contribution in [0.1, 0.15) is 36.8 Å². The second-order valence-electron chi connectivity index (χ2n) is 5.27. The molecule has 1 rings (SSSR count). The Labute approximate surface area is 133 Å². The van der Waals surface area contributed by atoms with E-state index in [2.05, 4.69) is 26.2 Å². The van der Waals surface area contributed by atoms with Crippen molar-refractivity contribution in [2.45, 2.75) is 32.5 Å². The molecular formula is C13H14BrF3N2O3. The quantitative estimate of drug-likeness (QED) is 0.632. The number of carbonyl (C=O) groups excluding carboxylic acids is 2. The number of halogens is 4. The molecule has 9 heteroatoms. The summed E-state index contributed by atoms with van der Waals surface area (Å²) >= 11 is 2.81. The minimum atomic E-state index is -4.82. The van der Waals surface area contributed by atoms with E-state index in [4.69, 9.17) is 4.74 Å². The molecular weight excluding hydrogens is 369 g/mol. The highest BCUT2D eigenvalue weighted by molar-refractivity contribution is 9.09. The van der Waals surface area contributed by atoms with Gasteiger partial charge in [-0.1, -0.05) is 15.9 Å². The second kappa shape index (κ2) is 6.64. The number of ether oxygens (including phenoxy) is 1. The fourth-order valence-electron chi connectivity index (χ4n) is 1.45. The summed E-state index contributed by atoms with van der Waals surface area (Å²) in [5.74, 6) is -1.11. The van der Waals surface area contributed by atoms with Gasteiger partial charge in [0.1, 0.15) is 11.4 Å². The zero-order chi connectivity index (χ0) is 17.1. The summed E-state index contributed by atoms with van der Waals surface area (Å²) in [7, 11) is 0. The molecule has 0 aliphatic rings. The predicted octanol–water partition coefficient (Wildman–Crippen LogP) is 4.03. The summed E-state index contributed by atoms with van der Waals surface area (Å²) in [6.45, 7) is 4.83. The lowest BCUT2D eigenvalue weighted by atomic mass is 10.1. The molecule has 5 nitrogen and oxygen atoms in total.